The second-order valence-electron chi connectivity index (χ2n) is 6.54. The van der Waals surface area contributed by atoms with Crippen LogP contribution in [0, 0.1) is 5.92 Å². The minimum absolute atomic E-state index is 0.122. The summed E-state index contributed by atoms with van der Waals surface area (Å²) in [6, 6.07) is -1.08. The molecule has 3 unspecified atom stereocenters. The predicted octanol–water partition coefficient (Wildman–Crippen LogP) is 0.325. The van der Waals surface area contributed by atoms with Gasteiger partial charge in [0, 0.05) is 12.3 Å². The Labute approximate surface area is 126 Å². The van der Waals surface area contributed by atoms with Crippen molar-refractivity contribution in [3.8, 4) is 0 Å². The van der Waals surface area contributed by atoms with Crippen molar-refractivity contribution in [2.75, 3.05) is 12.0 Å². The smallest absolute Gasteiger partial charge is 0.249 e. The number of nitrogens with zero attached hydrogens (tertiary/aromatic N) is 1. The van der Waals surface area contributed by atoms with Gasteiger partial charge in [0.1, 0.15) is 21.4 Å². The first-order chi connectivity index (χ1) is 9.60. The van der Waals surface area contributed by atoms with E-state index < -0.39 is 27.5 Å². The average molecular weight is 316 g/mol. The van der Waals surface area contributed by atoms with Crippen LogP contribution in [-0.4, -0.2) is 54.8 Å². The van der Waals surface area contributed by atoms with E-state index in [9.17, 15) is 18.0 Å². The van der Waals surface area contributed by atoms with Crippen molar-refractivity contribution in [2.45, 2.75) is 57.7 Å². The molecule has 0 aromatic carbocycles. The minimum atomic E-state index is -3.21. The van der Waals surface area contributed by atoms with Gasteiger partial charge in [0.15, 0.2) is 0 Å². The highest BCUT2D eigenvalue weighted by molar-refractivity contribution is 7.90. The van der Waals surface area contributed by atoms with Crippen LogP contribution in [0.25, 0.3) is 0 Å². The first-order valence-electron chi connectivity index (χ1n) is 7.42. The Morgan fingerprint density at radius 1 is 1.38 bits per heavy atom. The second kappa shape index (κ2) is 5.26. The number of piperazine rings is 1. The van der Waals surface area contributed by atoms with E-state index in [1.165, 1.54) is 4.90 Å². The normalized spacial score (nSPS) is 32.0. The highest BCUT2D eigenvalue weighted by atomic mass is 32.2. The van der Waals surface area contributed by atoms with Gasteiger partial charge in [-0.25, -0.2) is 8.42 Å². The lowest BCUT2D eigenvalue weighted by Crippen LogP contribution is -2.72. The Kier molecular flexibility index (Phi) is 4.08. The molecule has 1 saturated heterocycles. The van der Waals surface area contributed by atoms with Gasteiger partial charge < -0.3 is 10.2 Å². The summed E-state index contributed by atoms with van der Waals surface area (Å²) in [4.78, 5) is 26.7. The largest absolute Gasteiger partial charge is 0.340 e. The quantitative estimate of drug-likeness (QED) is 0.792. The number of hydrogen-bond donors (Lipinski definition) is 1. The molecule has 2 amide bonds. The molecular formula is C14H24N2O4S. The molecule has 120 valence electrons. The fraction of sp³-hybridized carbons (Fsp3) is 0.857. The lowest BCUT2D eigenvalue weighted by atomic mass is 9.88. The highest BCUT2D eigenvalue weighted by Gasteiger charge is 2.55. The maximum atomic E-state index is 12.9. The molecule has 7 heteroatoms. The van der Waals surface area contributed by atoms with Gasteiger partial charge in [0.05, 0.1) is 5.75 Å². The summed E-state index contributed by atoms with van der Waals surface area (Å²) in [5.74, 6) is -0.275. The van der Waals surface area contributed by atoms with Crippen molar-refractivity contribution < 1.29 is 18.0 Å². The molecule has 1 saturated carbocycles. The topological polar surface area (TPSA) is 83.6 Å². The van der Waals surface area contributed by atoms with Crippen LogP contribution < -0.4 is 5.32 Å². The monoisotopic (exact) mass is 316 g/mol. The maximum Gasteiger partial charge on any atom is 0.249 e. The SMILES string of the molecule is CCC1C(=O)NC(C)(C2CC2)C(=O)N1C(C)CS(C)(=O)=O. The Bertz CT molecular complexity index is 555. The molecule has 0 bridgehead atoms. The Balaban J connectivity index is 2.33. The number of amides is 2. The Morgan fingerprint density at radius 3 is 2.38 bits per heavy atom. The van der Waals surface area contributed by atoms with Crippen molar-refractivity contribution in [2.24, 2.45) is 5.92 Å². The van der Waals surface area contributed by atoms with E-state index in [2.05, 4.69) is 5.32 Å². The van der Waals surface area contributed by atoms with E-state index in [4.69, 9.17) is 0 Å². The Hall–Kier alpha value is -1.11. The van der Waals surface area contributed by atoms with Gasteiger partial charge in [-0.05, 0) is 39.0 Å². The number of carbonyl (C=O) groups excluding carboxylic acids is 2. The van der Waals surface area contributed by atoms with Gasteiger partial charge in [-0.15, -0.1) is 0 Å². The van der Waals surface area contributed by atoms with Crippen molar-refractivity contribution in [1.82, 2.24) is 10.2 Å². The third kappa shape index (κ3) is 3.07. The van der Waals surface area contributed by atoms with Gasteiger partial charge in [0.25, 0.3) is 0 Å². The van der Waals surface area contributed by atoms with E-state index in [-0.39, 0.29) is 23.5 Å². The van der Waals surface area contributed by atoms with Crippen LogP contribution in [0.15, 0.2) is 0 Å². The van der Waals surface area contributed by atoms with Crippen molar-refractivity contribution in [3.63, 3.8) is 0 Å². The minimum Gasteiger partial charge on any atom is -0.340 e. The summed E-state index contributed by atoms with van der Waals surface area (Å²) < 4.78 is 23.1. The Morgan fingerprint density at radius 2 is 1.95 bits per heavy atom. The zero-order valence-corrected chi connectivity index (χ0v) is 13.9. The molecule has 0 radical (unpaired) electrons. The van der Waals surface area contributed by atoms with E-state index >= 15 is 0 Å². The average Bonchev–Trinajstić information content (AvgIpc) is 3.15. The fourth-order valence-electron chi connectivity index (χ4n) is 3.27. The van der Waals surface area contributed by atoms with Crippen LogP contribution in [0.3, 0.4) is 0 Å². The van der Waals surface area contributed by atoms with E-state index in [1.807, 2.05) is 6.92 Å². The summed E-state index contributed by atoms with van der Waals surface area (Å²) in [6.07, 6.45) is 3.48. The van der Waals surface area contributed by atoms with Gasteiger partial charge in [0.2, 0.25) is 11.8 Å². The van der Waals surface area contributed by atoms with Crippen molar-refractivity contribution in [3.05, 3.63) is 0 Å². The number of rotatable bonds is 5. The number of carbonyl (C=O) groups is 2. The lowest BCUT2D eigenvalue weighted by Gasteiger charge is -2.47. The van der Waals surface area contributed by atoms with Gasteiger partial charge in [-0.2, -0.15) is 0 Å². The second-order valence-corrected chi connectivity index (χ2v) is 8.73. The molecule has 0 aromatic rings. The van der Waals surface area contributed by atoms with E-state index in [1.54, 1.807) is 13.8 Å². The standard InChI is InChI=1S/C14H24N2O4S/c1-5-11-12(17)15-14(3,10-6-7-10)13(18)16(11)9(2)8-21(4,19)20/h9-11H,5-8H2,1-4H3,(H,15,17). The van der Waals surface area contributed by atoms with Crippen LogP contribution in [-0.2, 0) is 19.4 Å². The first-order valence-corrected chi connectivity index (χ1v) is 9.48. The number of nitrogens with one attached hydrogen (secondary N) is 1. The van der Waals surface area contributed by atoms with Crippen molar-refractivity contribution >= 4 is 21.7 Å². The fourth-order valence-corrected chi connectivity index (χ4v) is 4.31. The van der Waals surface area contributed by atoms with E-state index in [0.717, 1.165) is 19.1 Å². The molecule has 0 spiro atoms. The molecule has 2 fully saturated rings. The van der Waals surface area contributed by atoms with Crippen LogP contribution in [0.1, 0.15) is 40.0 Å². The molecule has 1 N–H and O–H groups in total. The number of hydrogen-bond acceptors (Lipinski definition) is 4. The summed E-state index contributed by atoms with van der Waals surface area (Å²) >= 11 is 0. The van der Waals surface area contributed by atoms with Gasteiger partial charge in [-0.3, -0.25) is 9.59 Å². The zero-order valence-electron chi connectivity index (χ0n) is 13.0. The molecule has 1 heterocycles. The summed E-state index contributed by atoms with van der Waals surface area (Å²) in [5, 5.41) is 2.87. The molecule has 2 aliphatic rings. The van der Waals surface area contributed by atoms with Crippen LogP contribution >= 0.6 is 0 Å². The van der Waals surface area contributed by atoms with Crippen LogP contribution in [0.5, 0.6) is 0 Å². The first kappa shape index (κ1) is 16.3. The molecule has 1 aliphatic heterocycles. The molecule has 3 atom stereocenters. The predicted molar refractivity (Wildman–Crippen MR) is 79.4 cm³/mol. The molecule has 1 aliphatic carbocycles. The van der Waals surface area contributed by atoms with Crippen molar-refractivity contribution in [1.29, 1.82) is 0 Å². The zero-order chi connectivity index (χ0) is 16.0. The molecule has 21 heavy (non-hydrogen) atoms. The third-order valence-corrected chi connectivity index (χ3v) is 5.59. The summed E-state index contributed by atoms with van der Waals surface area (Å²) in [7, 11) is -3.21. The summed E-state index contributed by atoms with van der Waals surface area (Å²) in [6.45, 7) is 5.29. The highest BCUT2D eigenvalue weighted by Crippen LogP contribution is 2.42. The van der Waals surface area contributed by atoms with Gasteiger partial charge in [-0.1, -0.05) is 6.92 Å². The van der Waals surface area contributed by atoms with Crippen LogP contribution in [0.4, 0.5) is 0 Å². The third-order valence-electron chi connectivity index (χ3n) is 4.50. The molecule has 0 aromatic heterocycles. The summed E-state index contributed by atoms with van der Waals surface area (Å²) in [5.41, 5.74) is -0.880. The van der Waals surface area contributed by atoms with Crippen LogP contribution in [0.2, 0.25) is 0 Å². The number of sulfone groups is 1. The molecule has 6 nitrogen and oxygen atoms in total. The lowest BCUT2D eigenvalue weighted by molar-refractivity contribution is -0.157. The molecule has 2 rings (SSSR count). The molecular weight excluding hydrogens is 292 g/mol. The van der Waals surface area contributed by atoms with Gasteiger partial charge >= 0.3 is 0 Å². The maximum absolute atomic E-state index is 12.9. The van der Waals surface area contributed by atoms with E-state index in [0.29, 0.717) is 6.42 Å².